The van der Waals surface area contributed by atoms with Crippen molar-refractivity contribution in [2.45, 2.75) is 39.8 Å². The van der Waals surface area contributed by atoms with Crippen LogP contribution in [0, 0.1) is 5.92 Å². The van der Waals surface area contributed by atoms with Gasteiger partial charge in [0.1, 0.15) is 0 Å². The monoisotopic (exact) mass is 364 g/mol. The van der Waals surface area contributed by atoms with Gasteiger partial charge in [-0.1, -0.05) is 31.9 Å². The molecule has 1 aromatic rings. The standard InChI is InChI=1S/C16H25ClN2O3.ClH/c1-5-10(3)14(18)16(20)19-9-11-7-12(17)15(22-6-2)13(8-11)21-4;/h7-8,10,14H,5-6,9,18H2,1-4H3,(H,19,20);1H. The summed E-state index contributed by atoms with van der Waals surface area (Å²) in [7, 11) is 1.55. The second-order valence-corrected chi connectivity index (χ2v) is 5.58. The Morgan fingerprint density at radius 2 is 2.04 bits per heavy atom. The minimum atomic E-state index is -0.509. The van der Waals surface area contributed by atoms with Crippen LogP contribution in [0.3, 0.4) is 0 Å². The largest absolute Gasteiger partial charge is 0.493 e. The first kappa shape index (κ1) is 21.8. The van der Waals surface area contributed by atoms with Crippen LogP contribution in [-0.4, -0.2) is 25.7 Å². The lowest BCUT2D eigenvalue weighted by atomic mass is 9.99. The molecule has 3 N–H and O–H groups in total. The number of rotatable bonds is 8. The zero-order valence-electron chi connectivity index (χ0n) is 14.0. The molecule has 2 atom stereocenters. The smallest absolute Gasteiger partial charge is 0.237 e. The van der Waals surface area contributed by atoms with Crippen LogP contribution in [0.4, 0.5) is 0 Å². The molecule has 0 fully saturated rings. The third kappa shape index (κ3) is 6.09. The maximum Gasteiger partial charge on any atom is 0.237 e. The van der Waals surface area contributed by atoms with Gasteiger partial charge < -0.3 is 20.5 Å². The zero-order chi connectivity index (χ0) is 16.7. The fourth-order valence-electron chi connectivity index (χ4n) is 1.98. The van der Waals surface area contributed by atoms with E-state index in [1.54, 1.807) is 19.2 Å². The van der Waals surface area contributed by atoms with Gasteiger partial charge in [0, 0.05) is 6.54 Å². The molecule has 0 saturated heterocycles. The summed E-state index contributed by atoms with van der Waals surface area (Å²) in [5.41, 5.74) is 6.73. The molecule has 0 heterocycles. The van der Waals surface area contributed by atoms with E-state index in [0.717, 1.165) is 12.0 Å². The van der Waals surface area contributed by atoms with E-state index in [1.165, 1.54) is 0 Å². The fourth-order valence-corrected chi connectivity index (χ4v) is 2.27. The fraction of sp³-hybridized carbons (Fsp3) is 0.562. The molecule has 5 nitrogen and oxygen atoms in total. The molecular weight excluding hydrogens is 339 g/mol. The third-order valence-corrected chi connectivity index (χ3v) is 3.89. The van der Waals surface area contributed by atoms with Crippen LogP contribution in [0.2, 0.25) is 5.02 Å². The molecular formula is C16H26Cl2N2O3. The molecule has 0 aliphatic heterocycles. The van der Waals surface area contributed by atoms with E-state index < -0.39 is 6.04 Å². The second kappa shape index (κ2) is 10.6. The molecule has 0 aromatic heterocycles. The lowest BCUT2D eigenvalue weighted by molar-refractivity contribution is -0.123. The number of hydrogen-bond donors (Lipinski definition) is 2. The molecule has 0 aliphatic rings. The first-order valence-corrected chi connectivity index (χ1v) is 7.84. The van der Waals surface area contributed by atoms with Crippen LogP contribution in [0.5, 0.6) is 11.5 Å². The van der Waals surface area contributed by atoms with Crippen LogP contribution >= 0.6 is 24.0 Å². The van der Waals surface area contributed by atoms with Gasteiger partial charge >= 0.3 is 0 Å². The van der Waals surface area contributed by atoms with Gasteiger partial charge in [0.15, 0.2) is 11.5 Å². The number of amides is 1. The van der Waals surface area contributed by atoms with E-state index in [0.29, 0.717) is 29.7 Å². The first-order chi connectivity index (χ1) is 10.4. The number of halogens is 2. The van der Waals surface area contributed by atoms with Crippen molar-refractivity contribution in [3.8, 4) is 11.5 Å². The lowest BCUT2D eigenvalue weighted by Gasteiger charge is -2.18. The molecule has 0 spiro atoms. The van der Waals surface area contributed by atoms with Crippen LogP contribution in [0.15, 0.2) is 12.1 Å². The number of benzene rings is 1. The van der Waals surface area contributed by atoms with Gasteiger partial charge in [-0.3, -0.25) is 4.79 Å². The van der Waals surface area contributed by atoms with Gasteiger partial charge in [-0.25, -0.2) is 0 Å². The molecule has 2 unspecified atom stereocenters. The molecule has 1 aromatic carbocycles. The Bertz CT molecular complexity index is 512. The predicted octanol–water partition coefficient (Wildman–Crippen LogP) is 3.16. The van der Waals surface area contributed by atoms with E-state index in [2.05, 4.69) is 5.32 Å². The number of ether oxygens (including phenoxy) is 2. The average Bonchev–Trinajstić information content (AvgIpc) is 2.53. The molecule has 0 saturated carbocycles. The average molecular weight is 365 g/mol. The third-order valence-electron chi connectivity index (χ3n) is 3.60. The predicted molar refractivity (Wildman–Crippen MR) is 95.7 cm³/mol. The molecule has 1 amide bonds. The highest BCUT2D eigenvalue weighted by atomic mass is 35.5. The van der Waals surface area contributed by atoms with Crippen molar-refractivity contribution in [1.29, 1.82) is 0 Å². The summed E-state index contributed by atoms with van der Waals surface area (Å²) in [5, 5.41) is 3.28. The van der Waals surface area contributed by atoms with Crippen molar-refractivity contribution < 1.29 is 14.3 Å². The summed E-state index contributed by atoms with van der Waals surface area (Å²) >= 11 is 6.20. The lowest BCUT2D eigenvalue weighted by Crippen LogP contribution is -2.44. The number of carbonyl (C=O) groups is 1. The van der Waals surface area contributed by atoms with Gasteiger partial charge in [0.05, 0.1) is 24.8 Å². The molecule has 0 radical (unpaired) electrons. The van der Waals surface area contributed by atoms with E-state index in [9.17, 15) is 4.79 Å². The maximum absolute atomic E-state index is 12.0. The highest BCUT2D eigenvalue weighted by Gasteiger charge is 2.19. The Balaban J connectivity index is 0.00000484. The minimum Gasteiger partial charge on any atom is -0.493 e. The van der Waals surface area contributed by atoms with Gasteiger partial charge in [0.25, 0.3) is 0 Å². The molecule has 1 rings (SSSR count). The molecule has 0 aliphatic carbocycles. The number of nitrogens with two attached hydrogens (primary N) is 1. The summed E-state index contributed by atoms with van der Waals surface area (Å²) in [4.78, 5) is 12.0. The molecule has 23 heavy (non-hydrogen) atoms. The Labute approximate surface area is 149 Å². The number of hydrogen-bond acceptors (Lipinski definition) is 4. The second-order valence-electron chi connectivity index (χ2n) is 5.17. The van der Waals surface area contributed by atoms with Crippen LogP contribution < -0.4 is 20.5 Å². The summed E-state index contributed by atoms with van der Waals surface area (Å²) < 4.78 is 10.7. The van der Waals surface area contributed by atoms with Gasteiger partial charge in [-0.2, -0.15) is 0 Å². The van der Waals surface area contributed by atoms with Gasteiger partial charge in [-0.05, 0) is 30.5 Å². The highest BCUT2D eigenvalue weighted by molar-refractivity contribution is 6.32. The number of methoxy groups -OCH3 is 1. The van der Waals surface area contributed by atoms with Crippen molar-refractivity contribution in [3.05, 3.63) is 22.7 Å². The Kier molecular flexibility index (Phi) is 10.0. The quantitative estimate of drug-likeness (QED) is 0.742. The maximum atomic E-state index is 12.0. The summed E-state index contributed by atoms with van der Waals surface area (Å²) in [6, 6.07) is 3.04. The number of carbonyl (C=O) groups excluding carboxylic acids is 1. The summed E-state index contributed by atoms with van der Waals surface area (Å²) in [6.45, 7) is 6.68. The first-order valence-electron chi connectivity index (χ1n) is 7.47. The Hall–Kier alpha value is -1.17. The van der Waals surface area contributed by atoms with Crippen LogP contribution in [0.1, 0.15) is 32.8 Å². The normalized spacial score (nSPS) is 12.8. The van der Waals surface area contributed by atoms with Crippen molar-refractivity contribution >= 4 is 29.9 Å². The van der Waals surface area contributed by atoms with Gasteiger partial charge in [-0.15, -0.1) is 12.4 Å². The summed E-state index contributed by atoms with van der Waals surface area (Å²) in [6.07, 6.45) is 0.858. The molecule has 132 valence electrons. The molecule has 0 bridgehead atoms. The van der Waals surface area contributed by atoms with Crippen LogP contribution in [-0.2, 0) is 11.3 Å². The minimum absolute atomic E-state index is 0. The highest BCUT2D eigenvalue weighted by Crippen LogP contribution is 2.36. The van der Waals surface area contributed by atoms with E-state index in [-0.39, 0.29) is 24.2 Å². The Morgan fingerprint density at radius 1 is 1.39 bits per heavy atom. The van der Waals surface area contributed by atoms with E-state index in [1.807, 2.05) is 20.8 Å². The van der Waals surface area contributed by atoms with E-state index >= 15 is 0 Å². The summed E-state index contributed by atoms with van der Waals surface area (Å²) in [5.74, 6) is 1.03. The van der Waals surface area contributed by atoms with Crippen molar-refractivity contribution in [2.24, 2.45) is 11.7 Å². The Morgan fingerprint density at radius 3 is 2.57 bits per heavy atom. The zero-order valence-corrected chi connectivity index (χ0v) is 15.6. The van der Waals surface area contributed by atoms with Crippen molar-refractivity contribution in [1.82, 2.24) is 5.32 Å². The van der Waals surface area contributed by atoms with Crippen molar-refractivity contribution in [3.63, 3.8) is 0 Å². The number of nitrogens with one attached hydrogen (secondary N) is 1. The van der Waals surface area contributed by atoms with Crippen LogP contribution in [0.25, 0.3) is 0 Å². The topological polar surface area (TPSA) is 73.6 Å². The SMILES string of the molecule is CCOc1c(Cl)cc(CNC(=O)C(N)C(C)CC)cc1OC.Cl. The molecule has 7 heteroatoms. The van der Waals surface area contributed by atoms with Crippen molar-refractivity contribution in [2.75, 3.05) is 13.7 Å². The van der Waals surface area contributed by atoms with Gasteiger partial charge in [0.2, 0.25) is 5.91 Å². The van der Waals surface area contributed by atoms with E-state index in [4.69, 9.17) is 26.8 Å².